The van der Waals surface area contributed by atoms with Crippen LogP contribution in [0.5, 0.6) is 0 Å². The predicted octanol–water partition coefficient (Wildman–Crippen LogP) is 1.74. The second-order valence-electron chi connectivity index (χ2n) is 5.95. The van der Waals surface area contributed by atoms with E-state index >= 15 is 0 Å². The van der Waals surface area contributed by atoms with Crippen LogP contribution in [0.3, 0.4) is 0 Å². The van der Waals surface area contributed by atoms with Crippen LogP contribution < -0.4 is 0 Å². The summed E-state index contributed by atoms with van der Waals surface area (Å²) in [6.07, 6.45) is 1.83. The number of nitrogens with zero attached hydrogens (tertiary/aromatic N) is 1. The van der Waals surface area contributed by atoms with Crippen molar-refractivity contribution in [3.05, 3.63) is 35.9 Å². The minimum atomic E-state index is -0.866. The van der Waals surface area contributed by atoms with E-state index in [-0.39, 0.29) is 0 Å². The standard InChI is InChI=1S/C15H23NO2/c1-14(17)9-6-10-16(11-14)12-15(2,18)13-7-4-3-5-8-13/h3-5,7-8,17-18H,6,9-12H2,1-2H3. The van der Waals surface area contributed by atoms with Gasteiger partial charge in [-0.15, -0.1) is 0 Å². The molecule has 1 heterocycles. The van der Waals surface area contributed by atoms with Gasteiger partial charge in [0.25, 0.3) is 0 Å². The summed E-state index contributed by atoms with van der Waals surface area (Å²) in [6, 6.07) is 9.72. The van der Waals surface area contributed by atoms with E-state index in [1.165, 1.54) is 0 Å². The Morgan fingerprint density at radius 3 is 2.61 bits per heavy atom. The molecule has 3 heteroatoms. The van der Waals surface area contributed by atoms with E-state index in [0.717, 1.165) is 24.9 Å². The van der Waals surface area contributed by atoms with Crippen molar-refractivity contribution < 1.29 is 10.2 Å². The first-order valence-electron chi connectivity index (χ1n) is 6.62. The van der Waals surface area contributed by atoms with Gasteiger partial charge in [-0.05, 0) is 38.8 Å². The third-order valence-corrected chi connectivity index (χ3v) is 3.68. The van der Waals surface area contributed by atoms with Gasteiger partial charge in [-0.25, -0.2) is 0 Å². The van der Waals surface area contributed by atoms with Crippen LogP contribution in [0.15, 0.2) is 30.3 Å². The quantitative estimate of drug-likeness (QED) is 0.857. The van der Waals surface area contributed by atoms with Crippen molar-refractivity contribution in [3.63, 3.8) is 0 Å². The molecule has 1 fully saturated rings. The molecule has 1 aliphatic rings. The third-order valence-electron chi connectivity index (χ3n) is 3.68. The first kappa shape index (κ1) is 13.5. The lowest BCUT2D eigenvalue weighted by molar-refractivity contribution is -0.0506. The van der Waals surface area contributed by atoms with Crippen molar-refractivity contribution in [3.8, 4) is 0 Å². The van der Waals surface area contributed by atoms with Gasteiger partial charge in [-0.3, -0.25) is 4.90 Å². The Bertz CT molecular complexity index is 387. The monoisotopic (exact) mass is 249 g/mol. The molecule has 2 unspecified atom stereocenters. The van der Waals surface area contributed by atoms with E-state index in [9.17, 15) is 10.2 Å². The summed E-state index contributed by atoms with van der Waals surface area (Å²) in [5.41, 5.74) is -0.560. The first-order chi connectivity index (χ1) is 8.39. The zero-order valence-corrected chi connectivity index (χ0v) is 11.3. The molecule has 1 saturated heterocycles. The van der Waals surface area contributed by atoms with E-state index in [2.05, 4.69) is 4.90 Å². The second-order valence-corrected chi connectivity index (χ2v) is 5.95. The summed E-state index contributed by atoms with van der Waals surface area (Å²) < 4.78 is 0. The van der Waals surface area contributed by atoms with E-state index in [1.807, 2.05) is 44.2 Å². The molecule has 2 N–H and O–H groups in total. The molecule has 1 aromatic carbocycles. The number of likely N-dealkylation sites (tertiary alicyclic amines) is 1. The fourth-order valence-electron chi connectivity index (χ4n) is 2.78. The lowest BCUT2D eigenvalue weighted by atomic mass is 9.91. The molecule has 0 aliphatic carbocycles. The van der Waals surface area contributed by atoms with Crippen LogP contribution in [0.2, 0.25) is 0 Å². The molecule has 0 saturated carbocycles. The average molecular weight is 249 g/mol. The van der Waals surface area contributed by atoms with Crippen molar-refractivity contribution in [2.24, 2.45) is 0 Å². The molecular formula is C15H23NO2. The molecule has 0 spiro atoms. The third kappa shape index (κ3) is 3.31. The van der Waals surface area contributed by atoms with Crippen LogP contribution in [0.1, 0.15) is 32.3 Å². The van der Waals surface area contributed by atoms with Crippen molar-refractivity contribution in [1.29, 1.82) is 0 Å². The van der Waals surface area contributed by atoms with Crippen LogP contribution in [0.4, 0.5) is 0 Å². The molecule has 0 aromatic heterocycles. The van der Waals surface area contributed by atoms with Crippen LogP contribution >= 0.6 is 0 Å². The number of piperidine rings is 1. The molecule has 2 atom stereocenters. The molecule has 18 heavy (non-hydrogen) atoms. The van der Waals surface area contributed by atoms with Crippen molar-refractivity contribution >= 4 is 0 Å². The Kier molecular flexibility index (Phi) is 3.76. The Labute approximate surface area is 109 Å². The van der Waals surface area contributed by atoms with Gasteiger partial charge in [0.1, 0.15) is 0 Å². The number of β-amino-alcohol motifs (C(OH)–C–C–N with tert-alkyl or cyclic N) is 2. The molecule has 2 rings (SSSR count). The molecule has 100 valence electrons. The van der Waals surface area contributed by atoms with Crippen molar-refractivity contribution in [2.75, 3.05) is 19.6 Å². The Morgan fingerprint density at radius 1 is 1.33 bits per heavy atom. The van der Waals surface area contributed by atoms with Crippen molar-refractivity contribution in [2.45, 2.75) is 37.9 Å². The van der Waals surface area contributed by atoms with Gasteiger partial charge >= 0.3 is 0 Å². The SMILES string of the molecule is CC1(O)CCCN(CC(C)(O)c2ccccc2)C1. The number of rotatable bonds is 3. The second kappa shape index (κ2) is 5.00. The highest BCUT2D eigenvalue weighted by atomic mass is 16.3. The summed E-state index contributed by atoms with van der Waals surface area (Å²) in [5, 5.41) is 20.7. The maximum absolute atomic E-state index is 10.6. The molecule has 0 radical (unpaired) electrons. The normalized spacial score (nSPS) is 28.9. The van der Waals surface area contributed by atoms with Gasteiger partial charge in [0, 0.05) is 13.1 Å². The molecule has 0 bridgehead atoms. The van der Waals surface area contributed by atoms with Crippen molar-refractivity contribution in [1.82, 2.24) is 4.90 Å². The van der Waals surface area contributed by atoms with Gasteiger partial charge in [0.05, 0.1) is 11.2 Å². The number of aliphatic hydroxyl groups is 2. The highest BCUT2D eigenvalue weighted by Gasteiger charge is 2.33. The van der Waals surface area contributed by atoms with Gasteiger partial charge in [0.15, 0.2) is 0 Å². The highest BCUT2D eigenvalue weighted by Crippen LogP contribution is 2.26. The maximum Gasteiger partial charge on any atom is 0.0994 e. The Hall–Kier alpha value is -0.900. The number of benzene rings is 1. The van der Waals surface area contributed by atoms with Gasteiger partial charge in [-0.2, -0.15) is 0 Å². The Morgan fingerprint density at radius 2 is 2.00 bits per heavy atom. The molecule has 3 nitrogen and oxygen atoms in total. The lowest BCUT2D eigenvalue weighted by Gasteiger charge is -2.40. The smallest absolute Gasteiger partial charge is 0.0994 e. The van der Waals surface area contributed by atoms with Gasteiger partial charge in [0.2, 0.25) is 0 Å². The average Bonchev–Trinajstić information content (AvgIpc) is 2.28. The maximum atomic E-state index is 10.6. The first-order valence-corrected chi connectivity index (χ1v) is 6.62. The highest BCUT2D eigenvalue weighted by molar-refractivity contribution is 5.21. The summed E-state index contributed by atoms with van der Waals surface area (Å²) in [4.78, 5) is 2.15. The van der Waals surface area contributed by atoms with E-state index < -0.39 is 11.2 Å². The van der Waals surface area contributed by atoms with E-state index in [4.69, 9.17) is 0 Å². The van der Waals surface area contributed by atoms with E-state index in [1.54, 1.807) is 0 Å². The number of hydrogen-bond donors (Lipinski definition) is 2. The summed E-state index contributed by atoms with van der Waals surface area (Å²) in [7, 11) is 0. The number of hydrogen-bond acceptors (Lipinski definition) is 3. The van der Waals surface area contributed by atoms with Gasteiger partial charge in [-0.1, -0.05) is 30.3 Å². The minimum absolute atomic E-state index is 0.563. The molecular weight excluding hydrogens is 226 g/mol. The molecule has 1 aliphatic heterocycles. The summed E-state index contributed by atoms with van der Waals surface area (Å²) >= 11 is 0. The summed E-state index contributed by atoms with van der Waals surface area (Å²) in [6.45, 7) is 5.85. The van der Waals surface area contributed by atoms with Crippen LogP contribution in [-0.4, -0.2) is 40.3 Å². The zero-order valence-electron chi connectivity index (χ0n) is 11.3. The largest absolute Gasteiger partial charge is 0.389 e. The van der Waals surface area contributed by atoms with Crippen LogP contribution in [0.25, 0.3) is 0 Å². The van der Waals surface area contributed by atoms with Crippen LogP contribution in [-0.2, 0) is 5.60 Å². The summed E-state index contributed by atoms with van der Waals surface area (Å²) in [5.74, 6) is 0. The fourth-order valence-corrected chi connectivity index (χ4v) is 2.78. The minimum Gasteiger partial charge on any atom is -0.389 e. The van der Waals surface area contributed by atoms with Crippen LogP contribution in [0, 0.1) is 0 Å². The topological polar surface area (TPSA) is 43.7 Å². The fraction of sp³-hybridized carbons (Fsp3) is 0.600. The zero-order chi connectivity index (χ0) is 13.2. The molecule has 1 aromatic rings. The van der Waals surface area contributed by atoms with Gasteiger partial charge < -0.3 is 10.2 Å². The molecule has 0 amide bonds. The Balaban J connectivity index is 2.04. The predicted molar refractivity (Wildman–Crippen MR) is 72.3 cm³/mol. The van der Waals surface area contributed by atoms with E-state index in [0.29, 0.717) is 13.1 Å². The lowest BCUT2D eigenvalue weighted by Crippen LogP contribution is -2.50.